The molecule has 1 aromatic carbocycles. The Balaban J connectivity index is 1.55. The number of urea groups is 1. The first-order valence-corrected chi connectivity index (χ1v) is 6.58. The maximum atomic E-state index is 11.7. The van der Waals surface area contributed by atoms with Crippen molar-refractivity contribution in [2.75, 3.05) is 39.5 Å². The van der Waals surface area contributed by atoms with E-state index in [0.29, 0.717) is 46.1 Å². The highest BCUT2D eigenvalue weighted by Crippen LogP contribution is 2.00. The van der Waals surface area contributed by atoms with E-state index in [9.17, 15) is 4.79 Å². The molecule has 1 aromatic rings. The Hall–Kier alpha value is -1.59. The van der Waals surface area contributed by atoms with Crippen LogP contribution in [-0.2, 0) is 16.1 Å². The van der Waals surface area contributed by atoms with Gasteiger partial charge in [-0.1, -0.05) is 30.3 Å². The van der Waals surface area contributed by atoms with E-state index >= 15 is 0 Å². The molecule has 1 N–H and O–H groups in total. The lowest BCUT2D eigenvalue weighted by atomic mass is 10.2. The standard InChI is InChI=1S/C14H20N2O3/c17-14(16-7-10-18-11-8-16)15-6-9-19-12-13-4-2-1-3-5-13/h1-5H,6-12H2,(H,15,17). The van der Waals surface area contributed by atoms with Gasteiger partial charge in [-0.2, -0.15) is 0 Å². The number of nitrogens with zero attached hydrogens (tertiary/aromatic N) is 1. The molecule has 5 heteroatoms. The molecule has 1 fully saturated rings. The van der Waals surface area contributed by atoms with E-state index in [0.717, 1.165) is 5.56 Å². The van der Waals surface area contributed by atoms with Gasteiger partial charge in [0, 0.05) is 19.6 Å². The second-order valence-corrected chi connectivity index (χ2v) is 4.37. The van der Waals surface area contributed by atoms with Gasteiger partial charge in [0.05, 0.1) is 26.4 Å². The normalized spacial score (nSPS) is 15.3. The highest BCUT2D eigenvalue weighted by molar-refractivity contribution is 5.74. The molecule has 1 aliphatic heterocycles. The van der Waals surface area contributed by atoms with Crippen LogP contribution in [0.1, 0.15) is 5.56 Å². The van der Waals surface area contributed by atoms with Crippen LogP contribution in [0.4, 0.5) is 4.79 Å². The lowest BCUT2D eigenvalue weighted by Gasteiger charge is -2.26. The number of carbonyl (C=O) groups is 1. The van der Waals surface area contributed by atoms with E-state index in [-0.39, 0.29) is 6.03 Å². The summed E-state index contributed by atoms with van der Waals surface area (Å²) in [5, 5.41) is 2.85. The van der Waals surface area contributed by atoms with Gasteiger partial charge in [0.25, 0.3) is 0 Å². The third kappa shape index (κ3) is 4.89. The summed E-state index contributed by atoms with van der Waals surface area (Å²) in [5.41, 5.74) is 1.14. The summed E-state index contributed by atoms with van der Waals surface area (Å²) in [4.78, 5) is 13.5. The molecule has 0 atom stereocenters. The van der Waals surface area contributed by atoms with Crippen molar-refractivity contribution in [3.8, 4) is 0 Å². The number of carbonyl (C=O) groups excluding carboxylic acids is 1. The first-order valence-electron chi connectivity index (χ1n) is 6.58. The molecule has 5 nitrogen and oxygen atoms in total. The van der Waals surface area contributed by atoms with Crippen LogP contribution in [-0.4, -0.2) is 50.4 Å². The quantitative estimate of drug-likeness (QED) is 0.814. The summed E-state index contributed by atoms with van der Waals surface area (Å²) in [7, 11) is 0. The van der Waals surface area contributed by atoms with E-state index in [4.69, 9.17) is 9.47 Å². The first kappa shape index (κ1) is 13.8. The van der Waals surface area contributed by atoms with E-state index in [2.05, 4.69) is 5.32 Å². The Bertz CT molecular complexity index is 378. The summed E-state index contributed by atoms with van der Waals surface area (Å²) in [6.07, 6.45) is 0. The number of rotatable bonds is 5. The average molecular weight is 264 g/mol. The number of ether oxygens (including phenoxy) is 2. The highest BCUT2D eigenvalue weighted by atomic mass is 16.5. The van der Waals surface area contributed by atoms with Gasteiger partial charge in [0.1, 0.15) is 0 Å². The van der Waals surface area contributed by atoms with Gasteiger partial charge in [-0.25, -0.2) is 4.79 Å². The molecule has 0 bridgehead atoms. The summed E-state index contributed by atoms with van der Waals surface area (Å²) < 4.78 is 10.7. The van der Waals surface area contributed by atoms with Crippen molar-refractivity contribution in [2.24, 2.45) is 0 Å². The zero-order valence-electron chi connectivity index (χ0n) is 11.0. The summed E-state index contributed by atoms with van der Waals surface area (Å²) in [6.45, 7) is 4.20. The van der Waals surface area contributed by atoms with Gasteiger partial charge in [0.2, 0.25) is 0 Å². The van der Waals surface area contributed by atoms with Crippen LogP contribution < -0.4 is 5.32 Å². The second-order valence-electron chi connectivity index (χ2n) is 4.37. The van der Waals surface area contributed by atoms with Gasteiger partial charge < -0.3 is 19.7 Å². The molecule has 0 aromatic heterocycles. The minimum atomic E-state index is -0.0355. The van der Waals surface area contributed by atoms with E-state index in [1.807, 2.05) is 30.3 Å². The SMILES string of the molecule is O=C(NCCOCc1ccccc1)N1CCOCC1. The van der Waals surface area contributed by atoms with Crippen LogP contribution in [0, 0.1) is 0 Å². The van der Waals surface area contributed by atoms with Gasteiger partial charge in [-0.3, -0.25) is 0 Å². The summed E-state index contributed by atoms with van der Waals surface area (Å²) in [5.74, 6) is 0. The second kappa shape index (κ2) is 7.76. The number of hydrogen-bond donors (Lipinski definition) is 1. The van der Waals surface area contributed by atoms with Crippen LogP contribution in [0.25, 0.3) is 0 Å². The average Bonchev–Trinajstić information content (AvgIpc) is 2.49. The Morgan fingerprint density at radius 2 is 2.00 bits per heavy atom. The number of benzene rings is 1. The molecular weight excluding hydrogens is 244 g/mol. The largest absolute Gasteiger partial charge is 0.378 e. The molecule has 1 saturated heterocycles. The third-order valence-corrected chi connectivity index (χ3v) is 2.93. The summed E-state index contributed by atoms with van der Waals surface area (Å²) >= 11 is 0. The van der Waals surface area contributed by atoms with Gasteiger partial charge >= 0.3 is 6.03 Å². The fourth-order valence-electron chi connectivity index (χ4n) is 1.87. The van der Waals surface area contributed by atoms with Crippen LogP contribution >= 0.6 is 0 Å². The van der Waals surface area contributed by atoms with Crippen LogP contribution in [0.3, 0.4) is 0 Å². The van der Waals surface area contributed by atoms with Crippen molar-refractivity contribution >= 4 is 6.03 Å². The molecule has 19 heavy (non-hydrogen) atoms. The Kier molecular flexibility index (Phi) is 5.65. The Labute approximate surface area is 113 Å². The highest BCUT2D eigenvalue weighted by Gasteiger charge is 2.15. The van der Waals surface area contributed by atoms with Crippen LogP contribution in [0.5, 0.6) is 0 Å². The van der Waals surface area contributed by atoms with Gasteiger partial charge in [-0.05, 0) is 5.56 Å². The van der Waals surface area contributed by atoms with Crippen molar-refractivity contribution in [2.45, 2.75) is 6.61 Å². The molecule has 2 rings (SSSR count). The molecular formula is C14H20N2O3. The van der Waals surface area contributed by atoms with Crippen molar-refractivity contribution in [3.05, 3.63) is 35.9 Å². The molecule has 0 spiro atoms. The fraction of sp³-hybridized carbons (Fsp3) is 0.500. The molecule has 1 heterocycles. The van der Waals surface area contributed by atoms with E-state index < -0.39 is 0 Å². The zero-order chi connectivity index (χ0) is 13.3. The van der Waals surface area contributed by atoms with Crippen molar-refractivity contribution in [1.82, 2.24) is 10.2 Å². The minimum Gasteiger partial charge on any atom is -0.378 e. The molecule has 1 aliphatic rings. The molecule has 104 valence electrons. The lowest BCUT2D eigenvalue weighted by Crippen LogP contribution is -2.46. The van der Waals surface area contributed by atoms with E-state index in [1.54, 1.807) is 4.90 Å². The molecule has 0 unspecified atom stereocenters. The molecule has 0 aliphatic carbocycles. The van der Waals surface area contributed by atoms with Gasteiger partial charge in [0.15, 0.2) is 0 Å². The van der Waals surface area contributed by atoms with Gasteiger partial charge in [-0.15, -0.1) is 0 Å². The molecule has 0 radical (unpaired) electrons. The predicted molar refractivity (Wildman–Crippen MR) is 71.9 cm³/mol. The number of nitrogens with one attached hydrogen (secondary N) is 1. The maximum absolute atomic E-state index is 11.7. The zero-order valence-corrected chi connectivity index (χ0v) is 11.0. The van der Waals surface area contributed by atoms with E-state index in [1.165, 1.54) is 0 Å². The van der Waals surface area contributed by atoms with Crippen LogP contribution in [0.15, 0.2) is 30.3 Å². The maximum Gasteiger partial charge on any atom is 0.317 e. The van der Waals surface area contributed by atoms with Crippen molar-refractivity contribution in [3.63, 3.8) is 0 Å². The fourth-order valence-corrected chi connectivity index (χ4v) is 1.87. The Morgan fingerprint density at radius 1 is 1.26 bits per heavy atom. The van der Waals surface area contributed by atoms with Crippen LogP contribution in [0.2, 0.25) is 0 Å². The molecule has 0 saturated carbocycles. The van der Waals surface area contributed by atoms with Crippen molar-refractivity contribution in [1.29, 1.82) is 0 Å². The third-order valence-electron chi connectivity index (χ3n) is 2.93. The Morgan fingerprint density at radius 3 is 2.74 bits per heavy atom. The topological polar surface area (TPSA) is 50.8 Å². The first-order chi connectivity index (χ1) is 9.36. The lowest BCUT2D eigenvalue weighted by molar-refractivity contribution is 0.0522. The number of hydrogen-bond acceptors (Lipinski definition) is 3. The monoisotopic (exact) mass is 264 g/mol. The number of amides is 2. The smallest absolute Gasteiger partial charge is 0.317 e. The summed E-state index contributed by atoms with van der Waals surface area (Å²) in [6, 6.07) is 9.95. The minimum absolute atomic E-state index is 0.0355. The predicted octanol–water partition coefficient (Wildman–Crippen LogP) is 1.24. The van der Waals surface area contributed by atoms with Crippen molar-refractivity contribution < 1.29 is 14.3 Å². The number of morpholine rings is 1. The molecule has 2 amide bonds.